The van der Waals surface area contributed by atoms with Crippen molar-refractivity contribution >= 4 is 40.7 Å². The second-order valence-corrected chi connectivity index (χ2v) is 6.29. The highest BCUT2D eigenvalue weighted by Gasteiger charge is 2.39. The summed E-state index contributed by atoms with van der Waals surface area (Å²) >= 11 is 0.379. The maximum absolute atomic E-state index is 12.4. The van der Waals surface area contributed by atoms with Gasteiger partial charge in [-0.3, -0.25) is 14.4 Å². The van der Waals surface area contributed by atoms with Crippen LogP contribution in [-0.2, 0) is 14.4 Å². The topological polar surface area (TPSA) is 75.3 Å². The molecule has 1 atom stereocenters. The van der Waals surface area contributed by atoms with Crippen LogP contribution in [0.3, 0.4) is 0 Å². The number of ketones is 1. The fourth-order valence-corrected chi connectivity index (χ4v) is 3.01. The zero-order chi connectivity index (χ0) is 18.0. The van der Waals surface area contributed by atoms with E-state index in [1.165, 1.54) is 24.3 Å². The highest BCUT2D eigenvalue weighted by molar-refractivity contribution is 7.99. The number of fused-ring (bicyclic) bond motifs is 1. The van der Waals surface area contributed by atoms with Crippen molar-refractivity contribution in [3.63, 3.8) is 0 Å². The summed E-state index contributed by atoms with van der Waals surface area (Å²) in [7, 11) is 0. The number of nitrogens with one attached hydrogen (secondary N) is 2. The van der Waals surface area contributed by atoms with Gasteiger partial charge < -0.3 is 10.6 Å². The first-order chi connectivity index (χ1) is 12.0. The number of hydrogen-bond donors (Lipinski definition) is 2. The minimum Gasteiger partial charge on any atom is -0.325 e. The third-order valence-corrected chi connectivity index (χ3v) is 4.34. The van der Waals surface area contributed by atoms with Crippen molar-refractivity contribution in [2.24, 2.45) is 0 Å². The van der Waals surface area contributed by atoms with Crippen LogP contribution in [0.15, 0.2) is 53.4 Å². The summed E-state index contributed by atoms with van der Waals surface area (Å²) in [6.07, 6.45) is 0. The van der Waals surface area contributed by atoms with Gasteiger partial charge in [0.1, 0.15) is 5.92 Å². The normalized spacial score (nSPS) is 15.6. The maximum atomic E-state index is 12.4. The van der Waals surface area contributed by atoms with Crippen LogP contribution in [0.1, 0.15) is 11.5 Å². The van der Waals surface area contributed by atoms with E-state index in [-0.39, 0.29) is 5.69 Å². The lowest BCUT2D eigenvalue weighted by molar-refractivity contribution is -0.138. The van der Waals surface area contributed by atoms with Gasteiger partial charge in [0.15, 0.2) is 0 Å². The van der Waals surface area contributed by atoms with Crippen LogP contribution < -0.4 is 10.6 Å². The van der Waals surface area contributed by atoms with Crippen LogP contribution >= 0.6 is 11.8 Å². The summed E-state index contributed by atoms with van der Waals surface area (Å²) in [6, 6.07) is 12.3. The molecule has 25 heavy (non-hydrogen) atoms. The summed E-state index contributed by atoms with van der Waals surface area (Å²) in [5.41, 5.74) is 1.24. The van der Waals surface area contributed by atoms with E-state index >= 15 is 0 Å². The monoisotopic (exact) mass is 362 g/mol. The molecule has 8 heteroatoms. The number of halogens is 2. The molecule has 0 aliphatic carbocycles. The highest BCUT2D eigenvalue weighted by Crippen LogP contribution is 2.33. The third-order valence-electron chi connectivity index (χ3n) is 3.62. The van der Waals surface area contributed by atoms with Crippen LogP contribution in [0.25, 0.3) is 0 Å². The molecule has 3 rings (SSSR count). The van der Waals surface area contributed by atoms with Gasteiger partial charge in [-0.1, -0.05) is 30.0 Å². The molecule has 2 amide bonds. The zero-order valence-corrected chi connectivity index (χ0v) is 13.5. The molecule has 1 unspecified atom stereocenters. The van der Waals surface area contributed by atoms with E-state index in [2.05, 4.69) is 10.6 Å². The molecule has 0 saturated carbocycles. The average Bonchev–Trinajstić information content (AvgIpc) is 2.91. The Morgan fingerprint density at radius 3 is 2.44 bits per heavy atom. The molecule has 1 heterocycles. The first-order valence-electron chi connectivity index (χ1n) is 7.25. The molecule has 0 bridgehead atoms. The van der Waals surface area contributed by atoms with Crippen LogP contribution in [0.5, 0.6) is 0 Å². The van der Waals surface area contributed by atoms with E-state index in [0.29, 0.717) is 27.9 Å². The molecule has 2 aromatic carbocycles. The van der Waals surface area contributed by atoms with Crippen molar-refractivity contribution in [1.29, 1.82) is 0 Å². The van der Waals surface area contributed by atoms with Gasteiger partial charge >= 0.3 is 0 Å². The Kier molecular flexibility index (Phi) is 4.80. The second-order valence-electron chi connectivity index (χ2n) is 5.23. The lowest BCUT2D eigenvalue weighted by Gasteiger charge is -2.09. The van der Waals surface area contributed by atoms with Crippen molar-refractivity contribution in [3.8, 4) is 0 Å². The minimum atomic E-state index is -2.54. The minimum absolute atomic E-state index is 0.281. The van der Waals surface area contributed by atoms with Gasteiger partial charge in [-0.25, -0.2) is 0 Å². The smallest absolute Gasteiger partial charge is 0.292 e. The quantitative estimate of drug-likeness (QED) is 0.486. The fraction of sp³-hybridized carbons (Fsp3) is 0.118. The Labute approximate surface area is 145 Å². The first-order valence-corrected chi connectivity index (χ1v) is 8.13. The third kappa shape index (κ3) is 3.69. The van der Waals surface area contributed by atoms with E-state index in [1.807, 2.05) is 0 Å². The summed E-state index contributed by atoms with van der Waals surface area (Å²) in [5.74, 6) is -6.10. The van der Waals surface area contributed by atoms with E-state index in [9.17, 15) is 23.2 Å². The molecule has 0 spiro atoms. The second kappa shape index (κ2) is 7.02. The van der Waals surface area contributed by atoms with E-state index < -0.39 is 29.3 Å². The molecular weight excluding hydrogens is 350 g/mol. The van der Waals surface area contributed by atoms with Crippen molar-refractivity contribution in [3.05, 3.63) is 54.1 Å². The number of benzene rings is 2. The van der Waals surface area contributed by atoms with Gasteiger partial charge in [0.2, 0.25) is 11.7 Å². The standard InChI is InChI=1S/C17H12F2N2O3S/c18-17(19)25-10-7-5-9(6-8-10)20-16(24)14(22)13-11-3-1-2-4-12(11)21-15(13)23/h1-8,13,17H,(H,20,24)(H,21,23). The molecule has 128 valence electrons. The SMILES string of the molecule is O=C(Nc1ccc(SC(F)F)cc1)C(=O)C1C(=O)Nc2ccccc21. The number of thioether (sulfide) groups is 1. The first kappa shape index (κ1) is 17.1. The Hall–Kier alpha value is -2.74. The van der Waals surface area contributed by atoms with E-state index in [0.717, 1.165) is 0 Å². The Bertz CT molecular complexity index is 840. The molecule has 5 nitrogen and oxygen atoms in total. The van der Waals surface area contributed by atoms with Crippen LogP contribution in [-0.4, -0.2) is 23.4 Å². The molecule has 0 fully saturated rings. The van der Waals surface area contributed by atoms with Crippen molar-refractivity contribution < 1.29 is 23.2 Å². The molecule has 0 saturated heterocycles. The highest BCUT2D eigenvalue weighted by atomic mass is 32.2. The predicted octanol–water partition coefficient (Wildman–Crippen LogP) is 3.24. The summed E-state index contributed by atoms with van der Waals surface area (Å²) in [4.78, 5) is 36.8. The van der Waals surface area contributed by atoms with Gasteiger partial charge in [-0.2, -0.15) is 8.78 Å². The number of Topliss-reactive ketones (excluding diaryl/α,β-unsaturated/α-hetero) is 1. The molecular formula is C17H12F2N2O3S. The Morgan fingerprint density at radius 2 is 1.76 bits per heavy atom. The molecule has 0 radical (unpaired) electrons. The number of amides is 2. The molecule has 0 aromatic heterocycles. The van der Waals surface area contributed by atoms with Gasteiger partial charge in [-0.05, 0) is 35.9 Å². The molecule has 1 aliphatic rings. The van der Waals surface area contributed by atoms with Gasteiger partial charge in [0, 0.05) is 16.3 Å². The largest absolute Gasteiger partial charge is 0.325 e. The lowest BCUT2D eigenvalue weighted by Crippen LogP contribution is -2.31. The maximum Gasteiger partial charge on any atom is 0.292 e. The van der Waals surface area contributed by atoms with Crippen LogP contribution in [0.2, 0.25) is 0 Å². The van der Waals surface area contributed by atoms with Crippen LogP contribution in [0.4, 0.5) is 20.2 Å². The van der Waals surface area contributed by atoms with Gasteiger partial charge in [0.05, 0.1) is 0 Å². The number of carbonyl (C=O) groups is 3. The predicted molar refractivity (Wildman–Crippen MR) is 89.8 cm³/mol. The number of para-hydroxylation sites is 1. The number of rotatable bonds is 5. The van der Waals surface area contributed by atoms with E-state index in [1.54, 1.807) is 24.3 Å². The number of anilines is 2. The molecule has 2 aromatic rings. The van der Waals surface area contributed by atoms with Gasteiger partial charge in [-0.15, -0.1) is 0 Å². The van der Waals surface area contributed by atoms with Crippen molar-refractivity contribution in [2.75, 3.05) is 10.6 Å². The van der Waals surface area contributed by atoms with Crippen molar-refractivity contribution in [2.45, 2.75) is 16.6 Å². The molecule has 2 N–H and O–H groups in total. The number of carbonyl (C=O) groups excluding carboxylic acids is 3. The van der Waals surface area contributed by atoms with Gasteiger partial charge in [0.25, 0.3) is 11.7 Å². The summed E-state index contributed by atoms with van der Waals surface area (Å²) in [6.45, 7) is 0. The number of hydrogen-bond acceptors (Lipinski definition) is 4. The summed E-state index contributed by atoms with van der Waals surface area (Å²) < 4.78 is 24.6. The van der Waals surface area contributed by atoms with E-state index in [4.69, 9.17) is 0 Å². The average molecular weight is 362 g/mol. The molecule has 1 aliphatic heterocycles. The Morgan fingerprint density at radius 1 is 1.08 bits per heavy atom. The zero-order valence-electron chi connectivity index (χ0n) is 12.7. The Balaban J connectivity index is 1.71. The van der Waals surface area contributed by atoms with Crippen molar-refractivity contribution in [1.82, 2.24) is 0 Å². The summed E-state index contributed by atoms with van der Waals surface area (Å²) in [5, 5.41) is 4.94. The number of alkyl halides is 2. The lowest BCUT2D eigenvalue weighted by atomic mass is 9.95. The van der Waals surface area contributed by atoms with Crippen LogP contribution in [0, 0.1) is 0 Å². The fourth-order valence-electron chi connectivity index (χ4n) is 2.51.